The number of nitrogens with zero attached hydrogens (tertiary/aromatic N) is 3. The summed E-state index contributed by atoms with van der Waals surface area (Å²) in [5.41, 5.74) is 2.63. The molecule has 0 aromatic heterocycles. The molecule has 0 unspecified atom stereocenters. The maximum absolute atomic E-state index is 11.7. The molecule has 0 heterocycles. The van der Waals surface area contributed by atoms with E-state index in [1.165, 1.54) is 42.6 Å². The number of hydrazone groups is 1. The molecule has 26 heavy (non-hydrogen) atoms. The van der Waals surface area contributed by atoms with Crippen LogP contribution in [0, 0.1) is 20.2 Å². The number of hydrogen-bond donors (Lipinski definition) is 2. The average molecular weight is 378 g/mol. The fraction of sp³-hybridized carbons (Fsp3) is 0.0667. The van der Waals surface area contributed by atoms with Gasteiger partial charge in [0.05, 0.1) is 22.6 Å². The second-order valence-corrected chi connectivity index (χ2v) is 5.32. The molecule has 2 aromatic carbocycles. The van der Waals surface area contributed by atoms with E-state index >= 15 is 0 Å². The third kappa shape index (κ3) is 5.24. The minimum absolute atomic E-state index is 0.103. The minimum atomic E-state index is -0.574. The zero-order chi connectivity index (χ0) is 19.1. The van der Waals surface area contributed by atoms with E-state index in [2.05, 4.69) is 15.8 Å². The highest BCUT2D eigenvalue weighted by molar-refractivity contribution is 6.33. The van der Waals surface area contributed by atoms with E-state index in [4.69, 9.17) is 11.6 Å². The Morgan fingerprint density at radius 1 is 1.12 bits per heavy atom. The first kappa shape index (κ1) is 18.8. The van der Waals surface area contributed by atoms with Gasteiger partial charge in [-0.25, -0.2) is 5.43 Å². The van der Waals surface area contributed by atoms with Gasteiger partial charge in [0.1, 0.15) is 0 Å². The number of nitro benzene ring substituents is 2. The molecule has 0 aliphatic carbocycles. The number of carbonyl (C=O) groups is 1. The molecule has 0 radical (unpaired) electrons. The summed E-state index contributed by atoms with van der Waals surface area (Å²) in [4.78, 5) is 32.0. The molecule has 0 spiro atoms. The van der Waals surface area contributed by atoms with Crippen molar-refractivity contribution in [3.63, 3.8) is 0 Å². The Balaban J connectivity index is 1.92. The molecule has 0 bridgehead atoms. The van der Waals surface area contributed by atoms with Gasteiger partial charge in [0, 0.05) is 40.5 Å². The van der Waals surface area contributed by atoms with Gasteiger partial charge in [-0.05, 0) is 12.1 Å². The molecule has 2 N–H and O–H groups in total. The first-order valence-corrected chi connectivity index (χ1v) is 7.49. The quantitative estimate of drug-likeness (QED) is 0.432. The summed E-state index contributed by atoms with van der Waals surface area (Å²) in [6.45, 7) is -0.179. The van der Waals surface area contributed by atoms with Crippen LogP contribution in [0.2, 0.25) is 5.02 Å². The molecule has 0 atom stereocenters. The number of hydrogen-bond acceptors (Lipinski definition) is 7. The number of benzene rings is 2. The third-order valence-electron chi connectivity index (χ3n) is 3.09. The Kier molecular flexibility index (Phi) is 6.17. The van der Waals surface area contributed by atoms with Crippen molar-refractivity contribution in [1.82, 2.24) is 5.43 Å². The highest BCUT2D eigenvalue weighted by Crippen LogP contribution is 2.20. The molecular weight excluding hydrogens is 366 g/mol. The van der Waals surface area contributed by atoms with Crippen molar-refractivity contribution in [1.29, 1.82) is 0 Å². The third-order valence-corrected chi connectivity index (χ3v) is 3.44. The number of nitrogens with one attached hydrogen (secondary N) is 2. The van der Waals surface area contributed by atoms with Gasteiger partial charge in [0.2, 0.25) is 0 Å². The lowest BCUT2D eigenvalue weighted by atomic mass is 10.2. The monoisotopic (exact) mass is 377 g/mol. The van der Waals surface area contributed by atoms with Gasteiger partial charge in [-0.3, -0.25) is 25.0 Å². The van der Waals surface area contributed by atoms with Gasteiger partial charge in [-0.15, -0.1) is 0 Å². The summed E-state index contributed by atoms with van der Waals surface area (Å²) in [6.07, 6.45) is 1.18. The number of non-ortho nitro benzene ring substituents is 2. The zero-order valence-corrected chi connectivity index (χ0v) is 13.8. The van der Waals surface area contributed by atoms with Crippen molar-refractivity contribution in [3.05, 3.63) is 73.3 Å². The summed E-state index contributed by atoms with van der Waals surface area (Å²) in [6, 6.07) is 9.51. The molecule has 10 nitrogen and oxygen atoms in total. The zero-order valence-electron chi connectivity index (χ0n) is 13.1. The van der Waals surface area contributed by atoms with Gasteiger partial charge in [0.25, 0.3) is 17.3 Å². The Labute approximate surface area is 151 Å². The van der Waals surface area contributed by atoms with Gasteiger partial charge in [0.15, 0.2) is 0 Å². The van der Waals surface area contributed by atoms with Crippen LogP contribution >= 0.6 is 11.6 Å². The van der Waals surface area contributed by atoms with Crippen LogP contribution in [0.25, 0.3) is 0 Å². The van der Waals surface area contributed by atoms with Crippen LogP contribution in [0.4, 0.5) is 17.1 Å². The number of anilines is 1. The predicted molar refractivity (Wildman–Crippen MR) is 95.4 cm³/mol. The Morgan fingerprint density at radius 3 is 2.50 bits per heavy atom. The molecule has 1 amide bonds. The minimum Gasteiger partial charge on any atom is -0.376 e. The van der Waals surface area contributed by atoms with E-state index in [1.54, 1.807) is 6.07 Å². The van der Waals surface area contributed by atoms with E-state index in [-0.39, 0.29) is 28.5 Å². The van der Waals surface area contributed by atoms with E-state index < -0.39 is 15.8 Å². The average Bonchev–Trinajstić information content (AvgIpc) is 2.61. The van der Waals surface area contributed by atoms with Crippen molar-refractivity contribution in [2.24, 2.45) is 5.10 Å². The van der Waals surface area contributed by atoms with Gasteiger partial charge >= 0.3 is 0 Å². The first-order chi connectivity index (χ1) is 12.4. The fourth-order valence-corrected chi connectivity index (χ4v) is 2.04. The number of carbonyl (C=O) groups excluding carboxylic acids is 1. The van der Waals surface area contributed by atoms with Crippen LogP contribution in [-0.2, 0) is 4.79 Å². The SMILES string of the molecule is O=C(CNc1cccc([N+](=O)[O-])c1)N/N=C\c1cc([N+](=O)[O-])ccc1Cl. The number of halogens is 1. The van der Waals surface area contributed by atoms with Crippen molar-refractivity contribution in [2.75, 3.05) is 11.9 Å². The summed E-state index contributed by atoms with van der Waals surface area (Å²) in [7, 11) is 0. The number of rotatable bonds is 7. The van der Waals surface area contributed by atoms with Crippen molar-refractivity contribution in [3.8, 4) is 0 Å². The smallest absolute Gasteiger partial charge is 0.271 e. The molecule has 0 fully saturated rings. The standard InChI is InChI=1S/C15H12ClN5O5/c16-14-5-4-13(21(25)26)6-10(14)8-18-19-15(22)9-17-11-2-1-3-12(7-11)20(23)24/h1-8,17H,9H2,(H,19,22)/b18-8-. The van der Waals surface area contributed by atoms with Gasteiger partial charge in [-0.1, -0.05) is 17.7 Å². The normalized spacial score (nSPS) is 10.5. The summed E-state index contributed by atoms with van der Waals surface area (Å²) in [5, 5.41) is 28.1. The van der Waals surface area contributed by atoms with Gasteiger partial charge < -0.3 is 5.32 Å². The summed E-state index contributed by atoms with van der Waals surface area (Å²) < 4.78 is 0. The second-order valence-electron chi connectivity index (χ2n) is 4.92. The molecule has 0 saturated carbocycles. The van der Waals surface area contributed by atoms with Crippen LogP contribution in [-0.4, -0.2) is 28.5 Å². The maximum Gasteiger partial charge on any atom is 0.271 e. The van der Waals surface area contributed by atoms with E-state index in [0.717, 1.165) is 0 Å². The van der Waals surface area contributed by atoms with Crippen molar-refractivity contribution >= 4 is 40.8 Å². The Morgan fingerprint density at radius 2 is 1.81 bits per heavy atom. The molecule has 134 valence electrons. The number of amides is 1. The summed E-state index contributed by atoms with van der Waals surface area (Å²) >= 11 is 5.90. The lowest BCUT2D eigenvalue weighted by Gasteiger charge is -2.05. The Hall–Kier alpha value is -3.53. The summed E-state index contributed by atoms with van der Waals surface area (Å²) in [5.74, 6) is -0.519. The largest absolute Gasteiger partial charge is 0.376 e. The maximum atomic E-state index is 11.7. The lowest BCUT2D eigenvalue weighted by molar-refractivity contribution is -0.385. The number of nitro groups is 2. The second kappa shape index (κ2) is 8.53. The highest BCUT2D eigenvalue weighted by atomic mass is 35.5. The van der Waals surface area contributed by atoms with Crippen molar-refractivity contribution in [2.45, 2.75) is 0 Å². The van der Waals surface area contributed by atoms with Crippen molar-refractivity contribution < 1.29 is 14.6 Å². The van der Waals surface area contributed by atoms with E-state index in [1.807, 2.05) is 0 Å². The highest BCUT2D eigenvalue weighted by Gasteiger charge is 2.09. The fourth-order valence-electron chi connectivity index (χ4n) is 1.87. The molecule has 2 rings (SSSR count). The van der Waals surface area contributed by atoms with Crippen LogP contribution < -0.4 is 10.7 Å². The van der Waals surface area contributed by atoms with Crippen LogP contribution in [0.3, 0.4) is 0 Å². The molecule has 2 aromatic rings. The van der Waals surface area contributed by atoms with E-state index in [0.29, 0.717) is 5.69 Å². The molecular formula is C15H12ClN5O5. The topological polar surface area (TPSA) is 140 Å². The first-order valence-electron chi connectivity index (χ1n) is 7.11. The molecule has 11 heteroatoms. The van der Waals surface area contributed by atoms with Gasteiger partial charge in [-0.2, -0.15) is 5.10 Å². The van der Waals surface area contributed by atoms with Crippen LogP contribution in [0.5, 0.6) is 0 Å². The van der Waals surface area contributed by atoms with Crippen LogP contribution in [0.15, 0.2) is 47.6 Å². The molecule has 0 aliphatic rings. The van der Waals surface area contributed by atoms with Crippen LogP contribution in [0.1, 0.15) is 5.56 Å². The van der Waals surface area contributed by atoms with E-state index in [9.17, 15) is 25.0 Å². The molecule has 0 saturated heterocycles. The Bertz CT molecular complexity index is 886. The lowest BCUT2D eigenvalue weighted by Crippen LogP contribution is -2.25. The predicted octanol–water partition coefficient (Wildman–Crippen LogP) is 2.72. The molecule has 0 aliphatic heterocycles.